The predicted molar refractivity (Wildman–Crippen MR) is 77.0 cm³/mol. The zero-order valence-corrected chi connectivity index (χ0v) is 12.9. The summed E-state index contributed by atoms with van der Waals surface area (Å²) in [7, 11) is -3.78. The molecule has 8 heteroatoms. The minimum absolute atomic E-state index is 0.00951. The third kappa shape index (κ3) is 3.21. The Kier molecular flexibility index (Phi) is 4.57. The van der Waals surface area contributed by atoms with Crippen molar-refractivity contribution in [3.63, 3.8) is 0 Å². The van der Waals surface area contributed by atoms with E-state index in [1.165, 1.54) is 16.4 Å². The van der Waals surface area contributed by atoms with Crippen LogP contribution in [-0.2, 0) is 10.0 Å². The number of rotatable bonds is 4. The molecule has 1 aromatic carbocycles. The lowest BCUT2D eigenvalue weighted by Crippen LogP contribution is -2.30. The molecule has 116 valence electrons. The molecule has 2 atom stereocenters. The Morgan fingerprint density at radius 2 is 2.14 bits per heavy atom. The summed E-state index contributed by atoms with van der Waals surface area (Å²) in [5.41, 5.74) is -0.246. The van der Waals surface area contributed by atoms with Crippen LogP contribution in [-0.4, -0.2) is 48.1 Å². The van der Waals surface area contributed by atoms with E-state index in [1.54, 1.807) is 6.92 Å². The van der Waals surface area contributed by atoms with E-state index < -0.39 is 22.1 Å². The molecule has 2 rings (SSSR count). The standard InChI is InChI=1S/C13H16ClNO5S/c1-8(16)9-4-5-15(7-9)21(19,20)10-2-3-12(14)11(6-10)13(17)18/h2-3,6,8-9,16H,4-5,7H2,1H3,(H,17,18). The van der Waals surface area contributed by atoms with Crippen LogP contribution in [0.5, 0.6) is 0 Å². The average molecular weight is 334 g/mol. The molecule has 1 aliphatic rings. The van der Waals surface area contributed by atoms with Crippen molar-refractivity contribution >= 4 is 27.6 Å². The van der Waals surface area contributed by atoms with Crippen LogP contribution in [0.2, 0.25) is 5.02 Å². The second-order valence-electron chi connectivity index (χ2n) is 5.10. The van der Waals surface area contributed by atoms with E-state index >= 15 is 0 Å². The fourth-order valence-corrected chi connectivity index (χ4v) is 4.08. The lowest BCUT2D eigenvalue weighted by atomic mass is 10.0. The Morgan fingerprint density at radius 1 is 1.48 bits per heavy atom. The number of carboxylic acid groups (broad SMARTS) is 1. The number of carbonyl (C=O) groups is 1. The lowest BCUT2D eigenvalue weighted by Gasteiger charge is -2.18. The SMILES string of the molecule is CC(O)C1CCN(S(=O)(=O)c2ccc(Cl)c(C(=O)O)c2)C1. The van der Waals surface area contributed by atoms with Crippen molar-refractivity contribution in [3.05, 3.63) is 28.8 Å². The van der Waals surface area contributed by atoms with Crippen molar-refractivity contribution in [2.75, 3.05) is 13.1 Å². The summed E-state index contributed by atoms with van der Waals surface area (Å²) in [5, 5.41) is 18.5. The largest absolute Gasteiger partial charge is 0.478 e. The highest BCUT2D eigenvalue weighted by molar-refractivity contribution is 7.89. The molecule has 1 aromatic rings. The molecule has 1 saturated heterocycles. The van der Waals surface area contributed by atoms with E-state index in [1.807, 2.05) is 0 Å². The topological polar surface area (TPSA) is 94.9 Å². The fourth-order valence-electron chi connectivity index (χ4n) is 2.34. The Labute approximate surface area is 128 Å². The second-order valence-corrected chi connectivity index (χ2v) is 7.44. The zero-order chi connectivity index (χ0) is 15.8. The van der Waals surface area contributed by atoms with Crippen LogP contribution < -0.4 is 0 Å². The number of hydrogen-bond donors (Lipinski definition) is 2. The van der Waals surface area contributed by atoms with Crippen molar-refractivity contribution in [3.8, 4) is 0 Å². The first-order valence-electron chi connectivity index (χ1n) is 6.44. The van der Waals surface area contributed by atoms with Gasteiger partial charge in [0.25, 0.3) is 0 Å². The quantitative estimate of drug-likeness (QED) is 0.869. The number of nitrogens with zero attached hydrogens (tertiary/aromatic N) is 1. The number of hydrogen-bond acceptors (Lipinski definition) is 4. The van der Waals surface area contributed by atoms with Gasteiger partial charge in [0.15, 0.2) is 0 Å². The molecule has 0 spiro atoms. The predicted octanol–water partition coefficient (Wildman–Crippen LogP) is 1.43. The highest BCUT2D eigenvalue weighted by Gasteiger charge is 2.34. The van der Waals surface area contributed by atoms with Crippen molar-refractivity contribution < 1.29 is 23.4 Å². The molecule has 0 aliphatic carbocycles. The molecule has 1 aliphatic heterocycles. The van der Waals surface area contributed by atoms with Gasteiger partial charge in [0, 0.05) is 13.1 Å². The number of halogens is 1. The highest BCUT2D eigenvalue weighted by atomic mass is 35.5. The molecule has 0 radical (unpaired) electrons. The van der Waals surface area contributed by atoms with Gasteiger partial charge in [-0.15, -0.1) is 0 Å². The molecule has 0 aromatic heterocycles. The maximum Gasteiger partial charge on any atom is 0.337 e. The Morgan fingerprint density at radius 3 is 2.67 bits per heavy atom. The summed E-state index contributed by atoms with van der Waals surface area (Å²) in [4.78, 5) is 10.9. The minimum Gasteiger partial charge on any atom is -0.478 e. The Bertz CT molecular complexity index is 659. The molecule has 0 bridgehead atoms. The van der Waals surface area contributed by atoms with Crippen LogP contribution in [0.3, 0.4) is 0 Å². The van der Waals surface area contributed by atoms with Crippen molar-refractivity contribution in [2.24, 2.45) is 5.92 Å². The first-order valence-corrected chi connectivity index (χ1v) is 8.26. The molecule has 0 amide bonds. The normalized spacial score (nSPS) is 21.4. The van der Waals surface area contributed by atoms with Gasteiger partial charge in [-0.3, -0.25) is 0 Å². The first kappa shape index (κ1) is 16.2. The maximum atomic E-state index is 12.5. The third-order valence-electron chi connectivity index (χ3n) is 3.68. The number of benzene rings is 1. The van der Waals surface area contributed by atoms with Crippen LogP contribution in [0.25, 0.3) is 0 Å². The Balaban J connectivity index is 2.33. The van der Waals surface area contributed by atoms with Gasteiger partial charge in [0.1, 0.15) is 0 Å². The summed E-state index contributed by atoms with van der Waals surface area (Å²) in [6.45, 7) is 2.17. The Hall–Kier alpha value is -1.15. The highest BCUT2D eigenvalue weighted by Crippen LogP contribution is 2.28. The molecule has 0 saturated carbocycles. The maximum absolute atomic E-state index is 12.5. The van der Waals surface area contributed by atoms with Crippen LogP contribution in [0.1, 0.15) is 23.7 Å². The first-order chi connectivity index (χ1) is 9.73. The third-order valence-corrected chi connectivity index (χ3v) is 5.87. The molecule has 2 N–H and O–H groups in total. The van der Waals surface area contributed by atoms with Gasteiger partial charge in [-0.2, -0.15) is 4.31 Å². The van der Waals surface area contributed by atoms with Gasteiger partial charge in [0.05, 0.1) is 21.6 Å². The monoisotopic (exact) mass is 333 g/mol. The molecular weight excluding hydrogens is 318 g/mol. The second kappa shape index (κ2) is 5.92. The van der Waals surface area contributed by atoms with Gasteiger partial charge in [-0.25, -0.2) is 13.2 Å². The van der Waals surface area contributed by atoms with Crippen LogP contribution in [0, 0.1) is 5.92 Å². The van der Waals surface area contributed by atoms with Crippen molar-refractivity contribution in [1.82, 2.24) is 4.31 Å². The number of aliphatic hydroxyl groups is 1. The molecule has 2 unspecified atom stereocenters. The fraction of sp³-hybridized carbons (Fsp3) is 0.462. The van der Waals surface area contributed by atoms with Gasteiger partial charge in [0.2, 0.25) is 10.0 Å². The van der Waals surface area contributed by atoms with E-state index in [4.69, 9.17) is 16.7 Å². The minimum atomic E-state index is -3.78. The number of aliphatic hydroxyl groups excluding tert-OH is 1. The van der Waals surface area contributed by atoms with Crippen molar-refractivity contribution in [1.29, 1.82) is 0 Å². The van der Waals surface area contributed by atoms with Crippen LogP contribution in [0.4, 0.5) is 0 Å². The van der Waals surface area contributed by atoms with E-state index in [-0.39, 0.29) is 27.9 Å². The number of aromatic carboxylic acids is 1. The van der Waals surface area contributed by atoms with Gasteiger partial charge < -0.3 is 10.2 Å². The van der Waals surface area contributed by atoms with Gasteiger partial charge in [-0.05, 0) is 37.5 Å². The van der Waals surface area contributed by atoms with E-state index in [0.717, 1.165) is 6.07 Å². The van der Waals surface area contributed by atoms with Gasteiger partial charge >= 0.3 is 5.97 Å². The van der Waals surface area contributed by atoms with E-state index in [2.05, 4.69) is 0 Å². The van der Waals surface area contributed by atoms with E-state index in [9.17, 15) is 18.3 Å². The van der Waals surface area contributed by atoms with Crippen LogP contribution in [0.15, 0.2) is 23.1 Å². The van der Waals surface area contributed by atoms with Crippen molar-refractivity contribution in [2.45, 2.75) is 24.3 Å². The molecule has 6 nitrogen and oxygen atoms in total. The number of carboxylic acids is 1. The molecule has 1 fully saturated rings. The van der Waals surface area contributed by atoms with Crippen LogP contribution >= 0.6 is 11.6 Å². The molecule has 21 heavy (non-hydrogen) atoms. The zero-order valence-electron chi connectivity index (χ0n) is 11.4. The molecule has 1 heterocycles. The summed E-state index contributed by atoms with van der Waals surface area (Å²) < 4.78 is 26.3. The van der Waals surface area contributed by atoms with Gasteiger partial charge in [-0.1, -0.05) is 11.6 Å². The van der Waals surface area contributed by atoms with E-state index in [0.29, 0.717) is 13.0 Å². The summed E-state index contributed by atoms with van der Waals surface area (Å²) >= 11 is 5.74. The lowest BCUT2D eigenvalue weighted by molar-refractivity contribution is 0.0697. The summed E-state index contributed by atoms with van der Waals surface area (Å²) in [6.07, 6.45) is 0.000932. The average Bonchev–Trinajstić information content (AvgIpc) is 2.89. The number of sulfonamides is 1. The smallest absolute Gasteiger partial charge is 0.337 e. The molecular formula is C13H16ClNO5S. The summed E-state index contributed by atoms with van der Waals surface area (Å²) in [6, 6.07) is 3.62. The summed E-state index contributed by atoms with van der Waals surface area (Å²) in [5.74, 6) is -1.38.